The number of carbonyl (C=O) groups is 2. The summed E-state index contributed by atoms with van der Waals surface area (Å²) < 4.78 is 1.66. The van der Waals surface area contributed by atoms with Crippen molar-refractivity contribution in [3.05, 3.63) is 129 Å². The van der Waals surface area contributed by atoms with Crippen LogP contribution in [0.3, 0.4) is 0 Å². The van der Waals surface area contributed by atoms with E-state index in [4.69, 9.17) is 5.41 Å². The Bertz CT molecular complexity index is 1560. The summed E-state index contributed by atoms with van der Waals surface area (Å²) in [5.41, 5.74) is 5.89. The maximum absolute atomic E-state index is 12.9. The number of rotatable bonds is 11. The van der Waals surface area contributed by atoms with Crippen LogP contribution in [0.15, 0.2) is 90.1 Å². The summed E-state index contributed by atoms with van der Waals surface area (Å²) >= 11 is 0. The predicted molar refractivity (Wildman–Crippen MR) is 153 cm³/mol. The molecule has 2 heterocycles. The normalized spacial score (nSPS) is 10.6. The van der Waals surface area contributed by atoms with Gasteiger partial charge in [0.1, 0.15) is 5.78 Å². The number of anilines is 1. The van der Waals surface area contributed by atoms with Gasteiger partial charge < -0.3 is 20.6 Å². The van der Waals surface area contributed by atoms with Crippen molar-refractivity contribution in [3.63, 3.8) is 0 Å². The van der Waals surface area contributed by atoms with E-state index in [1.807, 2.05) is 55.5 Å². The van der Waals surface area contributed by atoms with Crippen LogP contribution in [0.1, 0.15) is 45.1 Å². The Morgan fingerprint density at radius 1 is 0.923 bits per heavy atom. The van der Waals surface area contributed by atoms with Gasteiger partial charge >= 0.3 is 0 Å². The number of amides is 1. The van der Waals surface area contributed by atoms with Crippen LogP contribution in [0, 0.1) is 12.3 Å². The number of carbonyl (C=O) groups excluding carboxylic acids is 2. The van der Waals surface area contributed by atoms with Crippen molar-refractivity contribution in [2.75, 3.05) is 18.4 Å². The lowest BCUT2D eigenvalue weighted by molar-refractivity contribution is -0.115. The first kappa shape index (κ1) is 27.2. The Morgan fingerprint density at radius 2 is 1.69 bits per heavy atom. The zero-order chi connectivity index (χ0) is 27.8. The van der Waals surface area contributed by atoms with Crippen molar-refractivity contribution >= 4 is 23.1 Å². The Balaban J connectivity index is 1.37. The molecule has 8 heteroatoms. The molecule has 0 aliphatic heterocycles. The summed E-state index contributed by atoms with van der Waals surface area (Å²) in [4.78, 5) is 40.4. The van der Waals surface area contributed by atoms with E-state index in [1.165, 1.54) is 13.1 Å². The van der Waals surface area contributed by atoms with Crippen LogP contribution in [0.5, 0.6) is 0 Å². The van der Waals surface area contributed by atoms with Gasteiger partial charge in [-0.05, 0) is 61.2 Å². The molecule has 0 radical (unpaired) electrons. The molecular weight excluding hydrogens is 490 g/mol. The quantitative estimate of drug-likeness (QED) is 0.258. The molecule has 0 spiro atoms. The molecule has 0 atom stereocenters. The number of hydrogen-bond acceptors (Lipinski definition) is 6. The molecule has 4 rings (SSSR count). The highest BCUT2D eigenvalue weighted by Gasteiger charge is 2.13. The highest BCUT2D eigenvalue weighted by atomic mass is 16.1. The summed E-state index contributed by atoms with van der Waals surface area (Å²) in [5, 5.41) is 14.4. The minimum absolute atomic E-state index is 0.00582. The van der Waals surface area contributed by atoms with Gasteiger partial charge in [-0.25, -0.2) is 0 Å². The lowest BCUT2D eigenvalue weighted by atomic mass is 10.0. The van der Waals surface area contributed by atoms with E-state index in [1.54, 1.807) is 35.2 Å². The average molecular weight is 522 g/mol. The largest absolute Gasteiger partial charge is 0.377 e. The number of nitrogens with one attached hydrogen (secondary N) is 3. The summed E-state index contributed by atoms with van der Waals surface area (Å²) in [6.45, 7) is 4.14. The summed E-state index contributed by atoms with van der Waals surface area (Å²) in [5.74, 6) is -0.322. The van der Waals surface area contributed by atoms with Gasteiger partial charge in [0, 0.05) is 35.9 Å². The Labute approximate surface area is 227 Å². The molecule has 0 saturated carbocycles. The molecule has 0 aliphatic rings. The van der Waals surface area contributed by atoms with Gasteiger partial charge in [-0.2, -0.15) is 0 Å². The van der Waals surface area contributed by atoms with E-state index in [9.17, 15) is 14.4 Å². The van der Waals surface area contributed by atoms with E-state index < -0.39 is 0 Å². The molecule has 198 valence electrons. The van der Waals surface area contributed by atoms with Crippen LogP contribution in [0.25, 0.3) is 0 Å². The molecule has 0 aliphatic carbocycles. The van der Waals surface area contributed by atoms with Crippen molar-refractivity contribution in [2.45, 2.75) is 26.8 Å². The summed E-state index contributed by atoms with van der Waals surface area (Å²) in [6.07, 6.45) is 5.61. The maximum atomic E-state index is 12.9. The first-order chi connectivity index (χ1) is 18.8. The fraction of sp³-hybridized carbons (Fsp3) is 0.194. The van der Waals surface area contributed by atoms with Gasteiger partial charge in [0.05, 0.1) is 30.9 Å². The molecule has 0 fully saturated rings. The molecule has 3 N–H and O–H groups in total. The van der Waals surface area contributed by atoms with Crippen molar-refractivity contribution in [2.24, 2.45) is 0 Å². The van der Waals surface area contributed by atoms with Crippen LogP contribution >= 0.6 is 0 Å². The number of aromatic nitrogens is 2. The smallest absolute Gasteiger partial charge is 0.253 e. The summed E-state index contributed by atoms with van der Waals surface area (Å²) in [6, 6.07) is 20.5. The van der Waals surface area contributed by atoms with Crippen LogP contribution in [-0.2, 0) is 17.8 Å². The minimum atomic E-state index is -0.316. The number of ketones is 1. The molecule has 0 unspecified atom stereocenters. The number of pyridine rings is 2. The molecule has 4 aromatic rings. The van der Waals surface area contributed by atoms with Crippen molar-refractivity contribution in [3.8, 4) is 0 Å². The second-order valence-corrected chi connectivity index (χ2v) is 9.51. The topological polar surface area (TPSA) is 117 Å². The lowest BCUT2D eigenvalue weighted by Crippen LogP contribution is -2.30. The summed E-state index contributed by atoms with van der Waals surface area (Å²) in [7, 11) is 0. The third kappa shape index (κ3) is 7.58. The highest BCUT2D eigenvalue weighted by Crippen LogP contribution is 2.18. The zero-order valence-electron chi connectivity index (χ0n) is 22.0. The average Bonchev–Trinajstić information content (AvgIpc) is 2.93. The Morgan fingerprint density at radius 3 is 2.44 bits per heavy atom. The van der Waals surface area contributed by atoms with Gasteiger partial charge in [-0.1, -0.05) is 42.0 Å². The van der Waals surface area contributed by atoms with Crippen molar-refractivity contribution < 1.29 is 9.59 Å². The highest BCUT2D eigenvalue weighted by molar-refractivity contribution is 6.07. The predicted octanol–water partition coefficient (Wildman–Crippen LogP) is 3.99. The number of hydrogen-bond donors (Lipinski definition) is 3. The second-order valence-electron chi connectivity index (χ2n) is 9.51. The number of benzene rings is 2. The molecular formula is C31H31N5O3. The maximum Gasteiger partial charge on any atom is 0.253 e. The van der Waals surface area contributed by atoms with E-state index in [2.05, 4.69) is 15.6 Å². The van der Waals surface area contributed by atoms with Gasteiger partial charge in [0.2, 0.25) is 0 Å². The molecule has 2 aromatic heterocycles. The molecule has 1 amide bonds. The van der Waals surface area contributed by atoms with E-state index in [-0.39, 0.29) is 36.1 Å². The first-order valence-corrected chi connectivity index (χ1v) is 12.7. The standard InChI is InChI=1S/C31H31N5O3/c1-21-6-11-29(34-16-22(2)37)27(13-21)28(32)19-35-31(39)26-15-25(17-33-18-26)14-23-7-9-24(10-8-23)20-36-12-4-3-5-30(36)38/h3-13,15,17-18,32,34H,14,16,19-20H2,1-2H3,(H,35,39). The number of aryl methyl sites for hydroxylation is 1. The van der Waals surface area contributed by atoms with Crippen LogP contribution < -0.4 is 16.2 Å². The fourth-order valence-corrected chi connectivity index (χ4v) is 4.14. The number of nitrogens with zero attached hydrogens (tertiary/aromatic N) is 2. The van der Waals surface area contributed by atoms with Crippen LogP contribution in [0.4, 0.5) is 5.69 Å². The van der Waals surface area contributed by atoms with Crippen molar-refractivity contribution in [1.29, 1.82) is 5.41 Å². The Hall–Kier alpha value is -4.85. The zero-order valence-corrected chi connectivity index (χ0v) is 22.0. The first-order valence-electron chi connectivity index (χ1n) is 12.7. The van der Waals surface area contributed by atoms with E-state index in [0.717, 1.165) is 22.3 Å². The third-order valence-electron chi connectivity index (χ3n) is 6.19. The van der Waals surface area contributed by atoms with E-state index >= 15 is 0 Å². The molecule has 2 aromatic carbocycles. The monoisotopic (exact) mass is 521 g/mol. The van der Waals surface area contributed by atoms with Crippen molar-refractivity contribution in [1.82, 2.24) is 14.9 Å². The molecule has 0 saturated heterocycles. The third-order valence-corrected chi connectivity index (χ3v) is 6.19. The molecule has 39 heavy (non-hydrogen) atoms. The van der Waals surface area contributed by atoms with Crippen LogP contribution in [-0.4, -0.2) is 40.0 Å². The van der Waals surface area contributed by atoms with Gasteiger partial charge in [-0.3, -0.25) is 19.4 Å². The minimum Gasteiger partial charge on any atom is -0.377 e. The van der Waals surface area contributed by atoms with Crippen LogP contribution in [0.2, 0.25) is 0 Å². The van der Waals surface area contributed by atoms with Gasteiger partial charge in [-0.15, -0.1) is 0 Å². The lowest BCUT2D eigenvalue weighted by Gasteiger charge is -2.14. The second kappa shape index (κ2) is 12.6. The number of Topliss-reactive ketones (excluding diaryl/α,β-unsaturated/α-hetero) is 1. The fourth-order valence-electron chi connectivity index (χ4n) is 4.14. The van der Waals surface area contributed by atoms with Gasteiger partial charge in [0.15, 0.2) is 0 Å². The van der Waals surface area contributed by atoms with Gasteiger partial charge in [0.25, 0.3) is 11.5 Å². The Kier molecular flexibility index (Phi) is 8.78. The van der Waals surface area contributed by atoms with E-state index in [0.29, 0.717) is 29.8 Å². The SMILES string of the molecule is CC(=O)CNc1ccc(C)cc1C(=N)CNC(=O)c1cncc(Cc2ccc(Cn3ccccc3=O)cc2)c1. The molecule has 8 nitrogen and oxygen atoms in total. The molecule has 0 bridgehead atoms.